The van der Waals surface area contributed by atoms with E-state index in [1.807, 2.05) is 13.0 Å². The summed E-state index contributed by atoms with van der Waals surface area (Å²) in [5, 5.41) is 15.0. The molecule has 4 rings (SSSR count). The zero-order valence-electron chi connectivity index (χ0n) is 16.2. The van der Waals surface area contributed by atoms with Crippen LogP contribution in [0.1, 0.15) is 40.9 Å². The van der Waals surface area contributed by atoms with Crippen LogP contribution in [0.25, 0.3) is 11.4 Å². The van der Waals surface area contributed by atoms with Crippen molar-refractivity contribution in [3.63, 3.8) is 0 Å². The van der Waals surface area contributed by atoms with Crippen molar-refractivity contribution in [1.82, 2.24) is 20.2 Å². The Morgan fingerprint density at radius 3 is 2.90 bits per heavy atom. The van der Waals surface area contributed by atoms with Crippen molar-refractivity contribution < 1.29 is 13.9 Å². The zero-order valence-corrected chi connectivity index (χ0v) is 16.2. The molecule has 1 amide bonds. The average Bonchev–Trinajstić information content (AvgIpc) is 3.39. The first-order valence-corrected chi connectivity index (χ1v) is 9.47. The molecule has 1 aliphatic rings. The second kappa shape index (κ2) is 7.96. The van der Waals surface area contributed by atoms with Gasteiger partial charge in [0.1, 0.15) is 11.3 Å². The van der Waals surface area contributed by atoms with E-state index in [0.717, 1.165) is 6.42 Å². The van der Waals surface area contributed by atoms with E-state index in [9.17, 15) is 9.59 Å². The van der Waals surface area contributed by atoms with Crippen molar-refractivity contribution in [3.05, 3.63) is 57.6 Å². The van der Waals surface area contributed by atoms with Crippen molar-refractivity contribution in [3.8, 4) is 11.4 Å². The number of carbonyl (C=O) groups excluding carboxylic acids is 1. The minimum atomic E-state index is -0.645. The topological polar surface area (TPSA) is 112 Å². The molecule has 2 aromatic heterocycles. The first kappa shape index (κ1) is 19.0. The zero-order chi connectivity index (χ0) is 20.4. The molecule has 0 aliphatic carbocycles. The Morgan fingerprint density at radius 1 is 1.34 bits per heavy atom. The molecule has 3 aromatic rings. The molecule has 3 heterocycles. The molecule has 1 aromatic carbocycles. The predicted molar refractivity (Wildman–Crippen MR) is 105 cm³/mol. The van der Waals surface area contributed by atoms with Crippen LogP contribution in [0.4, 0.5) is 5.69 Å². The number of aromatic nitrogens is 4. The molecule has 1 atom stereocenters. The maximum Gasteiger partial charge on any atom is 0.349 e. The van der Waals surface area contributed by atoms with Crippen LogP contribution in [0, 0.1) is 6.92 Å². The van der Waals surface area contributed by atoms with Crippen LogP contribution in [0.15, 0.2) is 39.5 Å². The highest BCUT2D eigenvalue weighted by Gasteiger charge is 2.24. The van der Waals surface area contributed by atoms with Gasteiger partial charge in [0.25, 0.3) is 5.91 Å². The highest BCUT2D eigenvalue weighted by atomic mass is 16.5. The Balaban J connectivity index is 1.56. The third-order valence-corrected chi connectivity index (χ3v) is 4.84. The van der Waals surface area contributed by atoms with Gasteiger partial charge in [0.2, 0.25) is 5.82 Å². The molecule has 1 saturated heterocycles. The molecule has 29 heavy (non-hydrogen) atoms. The van der Waals surface area contributed by atoms with Crippen LogP contribution in [0.5, 0.6) is 0 Å². The lowest BCUT2D eigenvalue weighted by Gasteiger charge is -2.11. The minimum absolute atomic E-state index is 0.00637. The largest absolute Gasteiger partial charge is 0.427 e. The van der Waals surface area contributed by atoms with Crippen molar-refractivity contribution >= 4 is 11.6 Å². The van der Waals surface area contributed by atoms with E-state index in [1.54, 1.807) is 31.2 Å². The van der Waals surface area contributed by atoms with E-state index in [1.165, 1.54) is 4.80 Å². The van der Waals surface area contributed by atoms with Gasteiger partial charge in [0.15, 0.2) is 0 Å². The van der Waals surface area contributed by atoms with Gasteiger partial charge in [-0.2, -0.15) is 4.80 Å². The summed E-state index contributed by atoms with van der Waals surface area (Å²) >= 11 is 0. The summed E-state index contributed by atoms with van der Waals surface area (Å²) in [7, 11) is 0. The lowest BCUT2D eigenvalue weighted by molar-refractivity contribution is 0.102. The molecule has 1 aliphatic heterocycles. The first-order chi connectivity index (χ1) is 14.0. The van der Waals surface area contributed by atoms with Crippen LogP contribution >= 0.6 is 0 Å². The standard InChI is InChI=1S/C20H21N5O4/c1-3-25-23-18(22-24-25)13-5-4-6-15(10-13)21-19(26)17-12(2)9-16(29-20(17)27)14-7-8-28-11-14/h4-6,9-10,14H,3,7-8,11H2,1-2H3,(H,21,26). The van der Waals surface area contributed by atoms with Gasteiger partial charge in [-0.3, -0.25) is 4.79 Å². The molecule has 9 heteroatoms. The second-order valence-electron chi connectivity index (χ2n) is 6.89. The van der Waals surface area contributed by atoms with Gasteiger partial charge in [0.05, 0.1) is 13.2 Å². The van der Waals surface area contributed by atoms with Gasteiger partial charge in [-0.15, -0.1) is 10.2 Å². The number of nitrogens with one attached hydrogen (secondary N) is 1. The smallest absolute Gasteiger partial charge is 0.349 e. The summed E-state index contributed by atoms with van der Waals surface area (Å²) < 4.78 is 10.8. The third kappa shape index (κ3) is 3.95. The third-order valence-electron chi connectivity index (χ3n) is 4.84. The number of nitrogens with zero attached hydrogens (tertiary/aromatic N) is 4. The molecule has 0 saturated carbocycles. The van der Waals surface area contributed by atoms with E-state index >= 15 is 0 Å². The minimum Gasteiger partial charge on any atom is -0.427 e. The lowest BCUT2D eigenvalue weighted by Crippen LogP contribution is -2.23. The summed E-state index contributed by atoms with van der Waals surface area (Å²) in [6.07, 6.45) is 0.803. The normalized spacial score (nSPS) is 16.1. The second-order valence-corrected chi connectivity index (χ2v) is 6.89. The Hall–Kier alpha value is -3.33. The highest BCUT2D eigenvalue weighted by molar-refractivity contribution is 6.05. The molecular weight excluding hydrogens is 374 g/mol. The molecule has 0 spiro atoms. The maximum atomic E-state index is 12.7. The Labute approximate surface area is 166 Å². The molecule has 1 fully saturated rings. The molecular formula is C20H21N5O4. The summed E-state index contributed by atoms with van der Waals surface area (Å²) in [6, 6.07) is 8.81. The summed E-state index contributed by atoms with van der Waals surface area (Å²) in [6.45, 7) is 5.43. The van der Waals surface area contributed by atoms with Crippen LogP contribution in [0.2, 0.25) is 0 Å². The Bertz CT molecular complexity index is 1100. The fraction of sp³-hybridized carbons (Fsp3) is 0.350. The monoisotopic (exact) mass is 395 g/mol. The average molecular weight is 395 g/mol. The van der Waals surface area contributed by atoms with Crippen LogP contribution in [0.3, 0.4) is 0 Å². The first-order valence-electron chi connectivity index (χ1n) is 9.47. The summed E-state index contributed by atoms with van der Waals surface area (Å²) in [4.78, 5) is 26.7. The van der Waals surface area contributed by atoms with Gasteiger partial charge in [-0.25, -0.2) is 4.79 Å². The Kier molecular flexibility index (Phi) is 5.22. The van der Waals surface area contributed by atoms with Gasteiger partial charge >= 0.3 is 5.63 Å². The van der Waals surface area contributed by atoms with Gasteiger partial charge < -0.3 is 14.5 Å². The number of anilines is 1. The van der Waals surface area contributed by atoms with Crippen molar-refractivity contribution in [1.29, 1.82) is 0 Å². The van der Waals surface area contributed by atoms with E-state index in [2.05, 4.69) is 20.7 Å². The summed E-state index contributed by atoms with van der Waals surface area (Å²) in [5.74, 6) is 0.558. The van der Waals surface area contributed by atoms with Crippen molar-refractivity contribution in [2.45, 2.75) is 32.7 Å². The molecule has 150 valence electrons. The van der Waals surface area contributed by atoms with Gasteiger partial charge in [-0.05, 0) is 49.2 Å². The molecule has 1 unspecified atom stereocenters. The van der Waals surface area contributed by atoms with Gasteiger partial charge in [0, 0.05) is 23.8 Å². The number of tetrazole rings is 1. The fourth-order valence-corrected chi connectivity index (χ4v) is 3.29. The van der Waals surface area contributed by atoms with Crippen LogP contribution < -0.4 is 10.9 Å². The quantitative estimate of drug-likeness (QED) is 0.706. The van der Waals surface area contributed by atoms with E-state index in [-0.39, 0.29) is 11.5 Å². The van der Waals surface area contributed by atoms with Crippen molar-refractivity contribution in [2.24, 2.45) is 0 Å². The lowest BCUT2D eigenvalue weighted by atomic mass is 10.0. The highest BCUT2D eigenvalue weighted by Crippen LogP contribution is 2.26. The van der Waals surface area contributed by atoms with Crippen molar-refractivity contribution in [2.75, 3.05) is 18.5 Å². The number of rotatable bonds is 5. The van der Waals surface area contributed by atoms with Crippen LogP contribution in [-0.2, 0) is 11.3 Å². The Morgan fingerprint density at radius 2 is 2.21 bits per heavy atom. The molecule has 1 N–H and O–H groups in total. The van der Waals surface area contributed by atoms with E-state index in [4.69, 9.17) is 9.15 Å². The number of benzene rings is 1. The molecule has 9 nitrogen and oxygen atoms in total. The summed E-state index contributed by atoms with van der Waals surface area (Å²) in [5.41, 5.74) is 1.15. The molecule has 0 radical (unpaired) electrons. The van der Waals surface area contributed by atoms with Gasteiger partial charge in [-0.1, -0.05) is 12.1 Å². The van der Waals surface area contributed by atoms with Crippen LogP contribution in [-0.4, -0.2) is 39.3 Å². The van der Waals surface area contributed by atoms with E-state index < -0.39 is 11.5 Å². The number of carbonyl (C=O) groups is 1. The molecule has 0 bridgehead atoms. The number of amides is 1. The van der Waals surface area contributed by atoms with E-state index in [0.29, 0.717) is 48.2 Å². The maximum absolute atomic E-state index is 12.7. The number of ether oxygens (including phenoxy) is 1. The number of aryl methyl sites for hydroxylation is 2. The predicted octanol–water partition coefficient (Wildman–Crippen LogP) is 2.38. The number of hydrogen-bond acceptors (Lipinski definition) is 7. The number of hydrogen-bond donors (Lipinski definition) is 1. The SMILES string of the molecule is CCn1nnc(-c2cccc(NC(=O)c3c(C)cc(C4CCOC4)oc3=O)c2)n1. The fourth-order valence-electron chi connectivity index (χ4n) is 3.29.